The first kappa shape index (κ1) is 12.8. The summed E-state index contributed by atoms with van der Waals surface area (Å²) in [6.07, 6.45) is 0.685. The van der Waals surface area contributed by atoms with Crippen LogP contribution in [0.1, 0.15) is 28.3 Å². The fraction of sp³-hybridized carbons (Fsp3) is 0.400. The Hall–Kier alpha value is -1.61. The van der Waals surface area contributed by atoms with Crippen molar-refractivity contribution in [1.29, 1.82) is 0 Å². The SMILES string of the molecule is Cc1cc(C)c(-c2nc(CCN)oc2C)c(C)c1. The van der Waals surface area contributed by atoms with Gasteiger partial charge in [0, 0.05) is 18.5 Å². The van der Waals surface area contributed by atoms with Gasteiger partial charge in [0.25, 0.3) is 0 Å². The van der Waals surface area contributed by atoms with Gasteiger partial charge >= 0.3 is 0 Å². The van der Waals surface area contributed by atoms with Gasteiger partial charge in [0.05, 0.1) is 0 Å². The van der Waals surface area contributed by atoms with Gasteiger partial charge in [0.15, 0.2) is 5.89 Å². The van der Waals surface area contributed by atoms with E-state index in [9.17, 15) is 0 Å². The summed E-state index contributed by atoms with van der Waals surface area (Å²) >= 11 is 0. The van der Waals surface area contributed by atoms with Crippen LogP contribution in [-0.4, -0.2) is 11.5 Å². The van der Waals surface area contributed by atoms with E-state index in [0.29, 0.717) is 13.0 Å². The van der Waals surface area contributed by atoms with Gasteiger partial charge in [-0.2, -0.15) is 0 Å². The van der Waals surface area contributed by atoms with E-state index in [1.165, 1.54) is 22.3 Å². The van der Waals surface area contributed by atoms with Crippen LogP contribution in [0.3, 0.4) is 0 Å². The van der Waals surface area contributed by atoms with Crippen LogP contribution >= 0.6 is 0 Å². The Morgan fingerprint density at radius 1 is 1.11 bits per heavy atom. The molecule has 0 saturated carbocycles. The van der Waals surface area contributed by atoms with Crippen molar-refractivity contribution in [3.63, 3.8) is 0 Å². The number of nitrogens with zero attached hydrogens (tertiary/aromatic N) is 1. The first-order valence-electron chi connectivity index (χ1n) is 6.27. The standard InChI is InChI=1S/C15H20N2O/c1-9-7-10(2)14(11(3)8-9)15-12(4)18-13(17-15)5-6-16/h7-8H,5-6,16H2,1-4H3. The molecule has 1 heterocycles. The maximum absolute atomic E-state index is 5.66. The first-order chi connectivity index (χ1) is 8.52. The Morgan fingerprint density at radius 3 is 2.28 bits per heavy atom. The lowest BCUT2D eigenvalue weighted by atomic mass is 9.97. The van der Waals surface area contributed by atoms with E-state index in [4.69, 9.17) is 10.2 Å². The third-order valence-corrected chi connectivity index (χ3v) is 3.11. The van der Waals surface area contributed by atoms with Gasteiger partial charge in [0.2, 0.25) is 0 Å². The van der Waals surface area contributed by atoms with Gasteiger partial charge in [-0.15, -0.1) is 0 Å². The molecule has 0 aliphatic heterocycles. The van der Waals surface area contributed by atoms with Crippen molar-refractivity contribution >= 4 is 0 Å². The molecule has 1 aromatic heterocycles. The van der Waals surface area contributed by atoms with E-state index in [0.717, 1.165) is 17.3 Å². The highest BCUT2D eigenvalue weighted by Gasteiger charge is 2.15. The van der Waals surface area contributed by atoms with Gasteiger partial charge in [-0.3, -0.25) is 0 Å². The zero-order chi connectivity index (χ0) is 13.3. The summed E-state index contributed by atoms with van der Waals surface area (Å²) < 4.78 is 5.66. The Kier molecular flexibility index (Phi) is 3.53. The third-order valence-electron chi connectivity index (χ3n) is 3.11. The molecule has 0 saturated heterocycles. The number of aromatic nitrogens is 1. The van der Waals surface area contributed by atoms with Crippen molar-refractivity contribution in [3.8, 4) is 11.3 Å². The summed E-state index contributed by atoms with van der Waals surface area (Å²) in [6.45, 7) is 8.86. The second kappa shape index (κ2) is 4.94. The van der Waals surface area contributed by atoms with Crippen LogP contribution in [0.5, 0.6) is 0 Å². The average Bonchev–Trinajstić information content (AvgIpc) is 2.59. The zero-order valence-corrected chi connectivity index (χ0v) is 11.5. The molecule has 0 amide bonds. The third kappa shape index (κ3) is 2.31. The van der Waals surface area contributed by atoms with Gasteiger partial charge in [-0.1, -0.05) is 17.7 Å². The fourth-order valence-electron chi connectivity index (χ4n) is 2.47. The Morgan fingerprint density at radius 2 is 1.72 bits per heavy atom. The average molecular weight is 244 g/mol. The largest absolute Gasteiger partial charge is 0.445 e. The normalized spacial score (nSPS) is 10.9. The van der Waals surface area contributed by atoms with Gasteiger partial charge < -0.3 is 10.2 Å². The molecule has 0 aliphatic carbocycles. The highest BCUT2D eigenvalue weighted by Crippen LogP contribution is 2.30. The summed E-state index contributed by atoms with van der Waals surface area (Å²) in [6, 6.07) is 4.36. The van der Waals surface area contributed by atoms with Crippen molar-refractivity contribution < 1.29 is 4.42 Å². The molecule has 96 valence electrons. The van der Waals surface area contributed by atoms with E-state index in [1.54, 1.807) is 0 Å². The molecule has 18 heavy (non-hydrogen) atoms. The monoisotopic (exact) mass is 244 g/mol. The lowest BCUT2D eigenvalue weighted by Crippen LogP contribution is -2.02. The molecule has 0 fully saturated rings. The quantitative estimate of drug-likeness (QED) is 0.902. The maximum atomic E-state index is 5.66. The molecule has 2 N–H and O–H groups in total. The minimum Gasteiger partial charge on any atom is -0.445 e. The van der Waals surface area contributed by atoms with Crippen molar-refractivity contribution in [2.75, 3.05) is 6.54 Å². The van der Waals surface area contributed by atoms with E-state index in [1.807, 2.05) is 6.92 Å². The Bertz CT molecular complexity index is 547. The van der Waals surface area contributed by atoms with E-state index < -0.39 is 0 Å². The summed E-state index contributed by atoms with van der Waals surface area (Å²) in [7, 11) is 0. The molecular formula is C15H20N2O. The number of nitrogens with two attached hydrogens (primary N) is 1. The molecule has 0 unspecified atom stereocenters. The number of hydrogen-bond acceptors (Lipinski definition) is 3. The van der Waals surface area contributed by atoms with Crippen molar-refractivity contribution in [1.82, 2.24) is 4.98 Å². The second-order valence-electron chi connectivity index (χ2n) is 4.82. The molecule has 2 aromatic rings. The van der Waals surface area contributed by atoms with Crippen LogP contribution in [0.2, 0.25) is 0 Å². The highest BCUT2D eigenvalue weighted by molar-refractivity contribution is 5.69. The number of benzene rings is 1. The number of hydrogen-bond donors (Lipinski definition) is 1. The summed E-state index contributed by atoms with van der Waals surface area (Å²) in [4.78, 5) is 4.57. The molecule has 3 nitrogen and oxygen atoms in total. The first-order valence-corrected chi connectivity index (χ1v) is 6.27. The minimum atomic E-state index is 0.561. The van der Waals surface area contributed by atoms with Crippen LogP contribution in [0, 0.1) is 27.7 Å². The molecule has 0 aliphatic rings. The van der Waals surface area contributed by atoms with Crippen LogP contribution in [0.15, 0.2) is 16.5 Å². The zero-order valence-electron chi connectivity index (χ0n) is 11.5. The Labute approximate surface area is 108 Å². The molecule has 1 aromatic carbocycles. The summed E-state index contributed by atoms with van der Waals surface area (Å²) in [5.41, 5.74) is 11.4. The summed E-state index contributed by atoms with van der Waals surface area (Å²) in [5, 5.41) is 0. The lowest BCUT2D eigenvalue weighted by molar-refractivity contribution is 0.473. The van der Waals surface area contributed by atoms with Crippen LogP contribution < -0.4 is 5.73 Å². The van der Waals surface area contributed by atoms with Crippen LogP contribution in [0.4, 0.5) is 0 Å². The molecule has 3 heteroatoms. The maximum Gasteiger partial charge on any atom is 0.196 e. The van der Waals surface area contributed by atoms with Gasteiger partial charge in [-0.05, 0) is 38.8 Å². The topological polar surface area (TPSA) is 52.0 Å². The van der Waals surface area contributed by atoms with E-state index >= 15 is 0 Å². The number of oxazole rings is 1. The predicted molar refractivity (Wildman–Crippen MR) is 73.6 cm³/mol. The van der Waals surface area contributed by atoms with E-state index in [2.05, 4.69) is 37.9 Å². The fourth-order valence-corrected chi connectivity index (χ4v) is 2.47. The Balaban J connectivity index is 2.55. The summed E-state index contributed by atoms with van der Waals surface area (Å²) in [5.74, 6) is 1.60. The molecular weight excluding hydrogens is 224 g/mol. The van der Waals surface area contributed by atoms with Crippen LogP contribution in [-0.2, 0) is 6.42 Å². The predicted octanol–water partition coefficient (Wildman–Crippen LogP) is 3.08. The molecule has 0 radical (unpaired) electrons. The van der Waals surface area contributed by atoms with Crippen LogP contribution in [0.25, 0.3) is 11.3 Å². The minimum absolute atomic E-state index is 0.561. The van der Waals surface area contributed by atoms with E-state index in [-0.39, 0.29) is 0 Å². The molecule has 2 rings (SSSR count). The smallest absolute Gasteiger partial charge is 0.196 e. The van der Waals surface area contributed by atoms with Crippen molar-refractivity contribution in [3.05, 3.63) is 40.5 Å². The van der Waals surface area contributed by atoms with Crippen molar-refractivity contribution in [2.45, 2.75) is 34.1 Å². The lowest BCUT2D eigenvalue weighted by Gasteiger charge is -2.09. The van der Waals surface area contributed by atoms with Gasteiger partial charge in [-0.25, -0.2) is 4.98 Å². The molecule has 0 spiro atoms. The number of aryl methyl sites for hydroxylation is 4. The number of rotatable bonds is 3. The molecule has 0 bridgehead atoms. The van der Waals surface area contributed by atoms with Gasteiger partial charge in [0.1, 0.15) is 11.5 Å². The van der Waals surface area contributed by atoms with Crippen molar-refractivity contribution in [2.24, 2.45) is 5.73 Å². The second-order valence-corrected chi connectivity index (χ2v) is 4.82. The molecule has 0 atom stereocenters. The highest BCUT2D eigenvalue weighted by atomic mass is 16.4.